The Hall–Kier alpha value is -3.22. The number of hydrogen-bond donors (Lipinski definition) is 1. The number of carboxylic acid groups (broad SMARTS) is 1. The van der Waals surface area contributed by atoms with Crippen molar-refractivity contribution in [2.24, 2.45) is 5.41 Å². The smallest absolute Gasteiger partial charge is 0.311 e. The van der Waals surface area contributed by atoms with Gasteiger partial charge in [-0.2, -0.15) is 4.68 Å². The average Bonchev–Trinajstić information content (AvgIpc) is 3.19. The first-order valence-electron chi connectivity index (χ1n) is 9.04. The third-order valence-electron chi connectivity index (χ3n) is 5.15. The van der Waals surface area contributed by atoms with E-state index in [1.54, 1.807) is 4.68 Å². The van der Waals surface area contributed by atoms with Crippen LogP contribution in [0.2, 0.25) is 0 Å². The van der Waals surface area contributed by atoms with Crippen LogP contribution in [0.1, 0.15) is 18.4 Å². The first-order valence-corrected chi connectivity index (χ1v) is 9.04. The van der Waals surface area contributed by atoms with Gasteiger partial charge in [-0.05, 0) is 47.4 Å². The van der Waals surface area contributed by atoms with Gasteiger partial charge in [-0.25, -0.2) is 0 Å². The van der Waals surface area contributed by atoms with E-state index in [0.717, 1.165) is 24.2 Å². The van der Waals surface area contributed by atoms with Crippen molar-refractivity contribution in [1.82, 2.24) is 20.2 Å². The number of aliphatic carboxylic acids is 1. The second-order valence-corrected chi connectivity index (χ2v) is 7.00. The van der Waals surface area contributed by atoms with Crippen LogP contribution in [0.15, 0.2) is 60.7 Å². The van der Waals surface area contributed by atoms with Crippen molar-refractivity contribution >= 4 is 11.9 Å². The van der Waals surface area contributed by atoms with Crippen LogP contribution in [0.5, 0.6) is 0 Å². The summed E-state index contributed by atoms with van der Waals surface area (Å²) in [5.74, 6) is -0.186. The molecule has 1 aliphatic heterocycles. The zero-order chi connectivity index (χ0) is 18.7. The highest BCUT2D eigenvalue weighted by Crippen LogP contribution is 2.36. The molecule has 7 nitrogen and oxygen atoms in total. The Kier molecular flexibility index (Phi) is 4.58. The van der Waals surface area contributed by atoms with Gasteiger partial charge in [0.15, 0.2) is 0 Å². The van der Waals surface area contributed by atoms with Gasteiger partial charge in [0.25, 0.3) is 0 Å². The molecular formula is C20H21N5O2. The Bertz CT molecular complexity index is 912. The van der Waals surface area contributed by atoms with Crippen LogP contribution in [-0.2, 0) is 11.2 Å². The fourth-order valence-electron chi connectivity index (χ4n) is 3.80. The van der Waals surface area contributed by atoms with E-state index >= 15 is 0 Å². The molecule has 1 aliphatic rings. The number of rotatable bonds is 5. The van der Waals surface area contributed by atoms with Crippen molar-refractivity contribution in [2.45, 2.75) is 19.3 Å². The summed E-state index contributed by atoms with van der Waals surface area (Å²) in [5, 5.41) is 22.2. The van der Waals surface area contributed by atoms with Gasteiger partial charge in [0.1, 0.15) is 0 Å². The monoisotopic (exact) mass is 363 g/mol. The van der Waals surface area contributed by atoms with Crippen LogP contribution < -0.4 is 4.90 Å². The molecule has 2 heterocycles. The number of anilines is 1. The summed E-state index contributed by atoms with van der Waals surface area (Å²) in [6.07, 6.45) is 1.91. The lowest BCUT2D eigenvalue weighted by molar-refractivity contribution is -0.149. The van der Waals surface area contributed by atoms with E-state index in [-0.39, 0.29) is 0 Å². The fraction of sp³-hybridized carbons (Fsp3) is 0.300. The molecule has 4 rings (SSSR count). The summed E-state index contributed by atoms with van der Waals surface area (Å²) in [6, 6.07) is 19.4. The van der Waals surface area contributed by atoms with Crippen LogP contribution in [0, 0.1) is 5.41 Å². The third-order valence-corrected chi connectivity index (χ3v) is 5.15. The molecule has 0 aliphatic carbocycles. The molecule has 1 atom stereocenters. The first-order chi connectivity index (χ1) is 13.2. The Morgan fingerprint density at radius 3 is 2.48 bits per heavy atom. The Balaban J connectivity index is 1.64. The normalized spacial score (nSPS) is 19.8. The van der Waals surface area contributed by atoms with Crippen LogP contribution in [0.25, 0.3) is 5.69 Å². The van der Waals surface area contributed by atoms with Gasteiger partial charge < -0.3 is 10.0 Å². The van der Waals surface area contributed by atoms with Crippen molar-refractivity contribution in [2.75, 3.05) is 18.0 Å². The highest BCUT2D eigenvalue weighted by Gasteiger charge is 2.43. The molecule has 0 unspecified atom stereocenters. The second-order valence-electron chi connectivity index (χ2n) is 7.00. The highest BCUT2D eigenvalue weighted by molar-refractivity contribution is 5.76. The predicted octanol–water partition coefficient (Wildman–Crippen LogP) is 2.58. The Morgan fingerprint density at radius 2 is 1.78 bits per heavy atom. The number of para-hydroxylation sites is 1. The van der Waals surface area contributed by atoms with E-state index in [9.17, 15) is 9.90 Å². The number of benzene rings is 2. The number of carbonyl (C=O) groups is 1. The zero-order valence-electron chi connectivity index (χ0n) is 14.9. The summed E-state index contributed by atoms with van der Waals surface area (Å²) in [6.45, 7) is 1.11. The SMILES string of the molecule is O=C(O)[C@]1(Cc2ccccc2)CCCN(c2nnnn2-c2ccccc2)C1. The van der Waals surface area contributed by atoms with E-state index in [2.05, 4.69) is 15.5 Å². The van der Waals surface area contributed by atoms with E-state index in [0.29, 0.717) is 25.3 Å². The molecule has 1 N–H and O–H groups in total. The fourth-order valence-corrected chi connectivity index (χ4v) is 3.80. The highest BCUT2D eigenvalue weighted by atomic mass is 16.4. The Morgan fingerprint density at radius 1 is 1.07 bits per heavy atom. The average molecular weight is 363 g/mol. The summed E-state index contributed by atoms with van der Waals surface area (Å²) >= 11 is 0. The first kappa shape index (κ1) is 17.2. The molecule has 138 valence electrons. The van der Waals surface area contributed by atoms with E-state index in [4.69, 9.17) is 0 Å². The molecular weight excluding hydrogens is 342 g/mol. The molecule has 0 spiro atoms. The number of nitrogens with zero attached hydrogens (tertiary/aromatic N) is 5. The molecule has 0 bridgehead atoms. The molecule has 1 fully saturated rings. The predicted molar refractivity (Wildman–Crippen MR) is 101 cm³/mol. The zero-order valence-corrected chi connectivity index (χ0v) is 14.9. The molecule has 27 heavy (non-hydrogen) atoms. The summed E-state index contributed by atoms with van der Waals surface area (Å²) < 4.78 is 1.67. The van der Waals surface area contributed by atoms with Crippen molar-refractivity contribution in [3.8, 4) is 5.69 Å². The van der Waals surface area contributed by atoms with Crippen molar-refractivity contribution < 1.29 is 9.90 Å². The standard InChI is InChI=1S/C20H21N5O2/c26-18(27)20(14-16-8-3-1-4-9-16)12-7-13-24(15-20)19-21-22-23-25(19)17-10-5-2-6-11-17/h1-6,8-11H,7,12-15H2,(H,26,27)/t20-/m0/s1. The minimum Gasteiger partial charge on any atom is -0.481 e. The Labute approximate surface area is 157 Å². The van der Waals surface area contributed by atoms with Crippen molar-refractivity contribution in [1.29, 1.82) is 0 Å². The summed E-state index contributed by atoms with van der Waals surface area (Å²) in [4.78, 5) is 14.3. The van der Waals surface area contributed by atoms with Crippen LogP contribution in [0.3, 0.4) is 0 Å². The minimum absolute atomic E-state index is 0.379. The van der Waals surface area contributed by atoms with Gasteiger partial charge in [0.2, 0.25) is 5.95 Å². The van der Waals surface area contributed by atoms with E-state index in [1.807, 2.05) is 65.6 Å². The molecule has 1 saturated heterocycles. The number of hydrogen-bond acceptors (Lipinski definition) is 5. The molecule has 3 aromatic rings. The molecule has 0 saturated carbocycles. The summed E-state index contributed by atoms with van der Waals surface area (Å²) in [5.41, 5.74) is 1.03. The van der Waals surface area contributed by atoms with Gasteiger partial charge in [-0.1, -0.05) is 53.6 Å². The van der Waals surface area contributed by atoms with Crippen LogP contribution in [-0.4, -0.2) is 44.4 Å². The van der Waals surface area contributed by atoms with Gasteiger partial charge >= 0.3 is 5.97 Å². The molecule has 0 radical (unpaired) electrons. The van der Waals surface area contributed by atoms with Gasteiger partial charge in [-0.15, -0.1) is 0 Å². The molecule has 7 heteroatoms. The number of tetrazole rings is 1. The maximum Gasteiger partial charge on any atom is 0.311 e. The quantitative estimate of drug-likeness (QED) is 0.750. The maximum absolute atomic E-state index is 12.3. The number of piperidine rings is 1. The van der Waals surface area contributed by atoms with E-state index < -0.39 is 11.4 Å². The minimum atomic E-state index is -0.854. The topological polar surface area (TPSA) is 84.1 Å². The van der Waals surface area contributed by atoms with Gasteiger partial charge in [0, 0.05) is 13.1 Å². The van der Waals surface area contributed by atoms with Gasteiger partial charge in [0.05, 0.1) is 11.1 Å². The molecule has 1 aromatic heterocycles. The second kappa shape index (κ2) is 7.19. The van der Waals surface area contributed by atoms with Crippen LogP contribution >= 0.6 is 0 Å². The van der Waals surface area contributed by atoms with Crippen molar-refractivity contribution in [3.63, 3.8) is 0 Å². The molecule has 0 amide bonds. The molecule has 2 aromatic carbocycles. The van der Waals surface area contributed by atoms with Gasteiger partial charge in [-0.3, -0.25) is 4.79 Å². The maximum atomic E-state index is 12.3. The van der Waals surface area contributed by atoms with Crippen molar-refractivity contribution in [3.05, 3.63) is 66.2 Å². The summed E-state index contributed by atoms with van der Waals surface area (Å²) in [7, 11) is 0. The lowest BCUT2D eigenvalue weighted by atomic mass is 9.75. The lowest BCUT2D eigenvalue weighted by Crippen LogP contribution is -2.50. The largest absolute Gasteiger partial charge is 0.481 e. The number of carboxylic acids is 1. The number of aromatic nitrogens is 4. The third kappa shape index (κ3) is 3.40. The lowest BCUT2D eigenvalue weighted by Gasteiger charge is -2.40. The van der Waals surface area contributed by atoms with E-state index in [1.165, 1.54) is 0 Å². The van der Waals surface area contributed by atoms with Crippen LogP contribution in [0.4, 0.5) is 5.95 Å².